The van der Waals surface area contributed by atoms with Gasteiger partial charge in [-0.15, -0.1) is 0 Å². The molecule has 1 aliphatic heterocycles. The summed E-state index contributed by atoms with van der Waals surface area (Å²) in [6.45, 7) is 0.881. The number of nitrogens with one attached hydrogen (secondary N) is 2. The van der Waals surface area contributed by atoms with Crippen molar-refractivity contribution in [1.82, 2.24) is 10.9 Å². The van der Waals surface area contributed by atoms with Crippen LogP contribution >= 0.6 is 22.6 Å². The van der Waals surface area contributed by atoms with Crippen molar-refractivity contribution in [2.24, 2.45) is 0 Å². The minimum Gasteiger partial charge on any atom is -0.292 e. The molecule has 1 rings (SSSR count). The fourth-order valence-corrected chi connectivity index (χ4v) is 1.20. The molecule has 0 spiro atoms. The monoisotopic (exact) mass is 226 g/mol. The lowest BCUT2D eigenvalue weighted by molar-refractivity contribution is -0.123. The zero-order valence-electron chi connectivity index (χ0n) is 4.28. The molecule has 0 radical (unpaired) electrons. The number of halogens is 1. The van der Waals surface area contributed by atoms with E-state index >= 15 is 0 Å². The maximum atomic E-state index is 10.5. The van der Waals surface area contributed by atoms with Gasteiger partial charge in [-0.3, -0.25) is 10.2 Å². The van der Waals surface area contributed by atoms with Crippen LogP contribution in [0.1, 0.15) is 6.42 Å². The van der Waals surface area contributed by atoms with E-state index < -0.39 is 0 Å². The highest BCUT2D eigenvalue weighted by Crippen LogP contribution is 2.05. The second kappa shape index (κ2) is 2.63. The van der Waals surface area contributed by atoms with Crippen LogP contribution in [0.3, 0.4) is 0 Å². The summed E-state index contributed by atoms with van der Waals surface area (Å²) in [6, 6.07) is 0. The van der Waals surface area contributed by atoms with E-state index in [0.29, 0.717) is 10.3 Å². The lowest BCUT2D eigenvalue weighted by Gasteiger charge is -2.17. The second-order valence-electron chi connectivity index (χ2n) is 1.73. The Kier molecular flexibility index (Phi) is 2.07. The molecule has 1 unspecified atom stereocenters. The highest BCUT2D eigenvalue weighted by atomic mass is 127. The first-order valence-electron chi connectivity index (χ1n) is 2.45. The van der Waals surface area contributed by atoms with Gasteiger partial charge in [-0.1, -0.05) is 22.6 Å². The van der Waals surface area contributed by atoms with Crippen LogP contribution in [-0.2, 0) is 4.79 Å². The lowest BCUT2D eigenvalue weighted by Crippen LogP contribution is -2.47. The van der Waals surface area contributed by atoms with E-state index in [1.165, 1.54) is 0 Å². The Morgan fingerprint density at radius 2 is 2.50 bits per heavy atom. The van der Waals surface area contributed by atoms with Gasteiger partial charge in [0.1, 0.15) is 0 Å². The summed E-state index contributed by atoms with van der Waals surface area (Å²) in [4.78, 5) is 10.5. The maximum absolute atomic E-state index is 10.5. The zero-order valence-corrected chi connectivity index (χ0v) is 6.44. The van der Waals surface area contributed by atoms with Gasteiger partial charge in [0.15, 0.2) is 0 Å². The molecule has 1 heterocycles. The van der Waals surface area contributed by atoms with Crippen molar-refractivity contribution in [3.05, 3.63) is 0 Å². The normalized spacial score (nSPS) is 29.6. The van der Waals surface area contributed by atoms with Crippen molar-refractivity contribution in [3.8, 4) is 0 Å². The predicted octanol–water partition coefficient (Wildman–Crippen LogP) is -0.185. The van der Waals surface area contributed by atoms with Crippen LogP contribution in [0.25, 0.3) is 0 Å². The van der Waals surface area contributed by atoms with Gasteiger partial charge in [-0.25, -0.2) is 5.43 Å². The number of carbonyl (C=O) groups is 1. The number of amides is 1. The van der Waals surface area contributed by atoms with E-state index in [0.717, 1.165) is 6.54 Å². The number of alkyl halides is 1. The molecule has 1 saturated heterocycles. The minimum absolute atomic E-state index is 0.0932. The van der Waals surface area contributed by atoms with Crippen molar-refractivity contribution in [3.63, 3.8) is 0 Å². The molecule has 0 aromatic heterocycles. The Bertz CT molecular complexity index is 106. The quantitative estimate of drug-likeness (QED) is 0.444. The molecule has 0 aliphatic carbocycles. The van der Waals surface area contributed by atoms with Gasteiger partial charge in [0.2, 0.25) is 5.91 Å². The molecule has 0 aromatic carbocycles. The third kappa shape index (κ3) is 1.59. The van der Waals surface area contributed by atoms with E-state index in [1.54, 1.807) is 0 Å². The van der Waals surface area contributed by atoms with Gasteiger partial charge in [0.25, 0.3) is 0 Å². The molecule has 1 aliphatic rings. The summed E-state index contributed by atoms with van der Waals surface area (Å²) >= 11 is 2.25. The summed E-state index contributed by atoms with van der Waals surface area (Å²) in [6.07, 6.45) is 0.646. The highest BCUT2D eigenvalue weighted by molar-refractivity contribution is 14.1. The molecule has 1 amide bonds. The largest absolute Gasteiger partial charge is 0.292 e. The number of hydrogen-bond acceptors (Lipinski definition) is 2. The summed E-state index contributed by atoms with van der Waals surface area (Å²) < 4.78 is 0.460. The van der Waals surface area contributed by atoms with E-state index in [4.69, 9.17) is 0 Å². The Labute approximate surface area is 61.3 Å². The molecule has 8 heavy (non-hydrogen) atoms. The van der Waals surface area contributed by atoms with E-state index in [1.807, 2.05) is 0 Å². The molecule has 0 saturated carbocycles. The molecule has 2 N–H and O–H groups in total. The Morgan fingerprint density at radius 1 is 1.75 bits per heavy atom. The van der Waals surface area contributed by atoms with Gasteiger partial charge >= 0.3 is 0 Å². The van der Waals surface area contributed by atoms with Gasteiger partial charge in [0.05, 0.1) is 0 Å². The molecule has 1 fully saturated rings. The first kappa shape index (κ1) is 6.28. The van der Waals surface area contributed by atoms with Crippen molar-refractivity contribution in [2.45, 2.75) is 10.3 Å². The fraction of sp³-hybridized carbons (Fsp3) is 0.750. The molecule has 46 valence electrons. The van der Waals surface area contributed by atoms with Crippen LogP contribution in [-0.4, -0.2) is 16.4 Å². The average Bonchev–Trinajstić information content (AvgIpc) is 1.64. The van der Waals surface area contributed by atoms with Crippen LogP contribution in [0.2, 0.25) is 0 Å². The molecule has 0 bridgehead atoms. The molecule has 4 heteroatoms. The van der Waals surface area contributed by atoms with Crippen molar-refractivity contribution < 1.29 is 4.79 Å². The summed E-state index contributed by atoms with van der Waals surface area (Å²) in [5.41, 5.74) is 5.30. The Hall–Kier alpha value is 0.160. The Morgan fingerprint density at radius 3 is 2.88 bits per heavy atom. The van der Waals surface area contributed by atoms with E-state index in [9.17, 15) is 4.79 Å². The van der Waals surface area contributed by atoms with Crippen LogP contribution in [0.5, 0.6) is 0 Å². The van der Waals surface area contributed by atoms with Crippen molar-refractivity contribution in [2.75, 3.05) is 6.54 Å². The highest BCUT2D eigenvalue weighted by Gasteiger charge is 2.14. The van der Waals surface area contributed by atoms with Crippen LogP contribution < -0.4 is 10.9 Å². The molecule has 1 atom stereocenters. The van der Waals surface area contributed by atoms with Crippen LogP contribution in [0, 0.1) is 0 Å². The zero-order chi connectivity index (χ0) is 5.98. The van der Waals surface area contributed by atoms with Crippen LogP contribution in [0.15, 0.2) is 0 Å². The molecule has 0 aromatic rings. The van der Waals surface area contributed by atoms with E-state index in [2.05, 4.69) is 33.4 Å². The second-order valence-corrected chi connectivity index (χ2v) is 3.49. The topological polar surface area (TPSA) is 41.1 Å². The molecule has 3 nitrogen and oxygen atoms in total. The SMILES string of the molecule is O=C1CC(I)CNN1. The third-order valence-electron chi connectivity index (χ3n) is 0.958. The number of hydrogen-bond donors (Lipinski definition) is 2. The average molecular weight is 226 g/mol. The van der Waals surface area contributed by atoms with Gasteiger partial charge in [-0.05, 0) is 0 Å². The summed E-state index contributed by atoms with van der Waals surface area (Å²) in [7, 11) is 0. The first-order chi connectivity index (χ1) is 3.79. The lowest BCUT2D eigenvalue weighted by atomic mass is 10.3. The summed E-state index contributed by atoms with van der Waals surface area (Å²) in [5, 5.41) is 0. The van der Waals surface area contributed by atoms with Crippen molar-refractivity contribution in [1.29, 1.82) is 0 Å². The smallest absolute Gasteiger partial charge is 0.235 e. The van der Waals surface area contributed by atoms with Crippen molar-refractivity contribution >= 4 is 28.5 Å². The minimum atomic E-state index is 0.0932. The first-order valence-corrected chi connectivity index (χ1v) is 3.69. The fourth-order valence-electron chi connectivity index (χ4n) is 0.585. The van der Waals surface area contributed by atoms with E-state index in [-0.39, 0.29) is 5.91 Å². The number of hydrazine groups is 1. The summed E-state index contributed by atoms with van der Waals surface area (Å²) in [5.74, 6) is 0.0932. The third-order valence-corrected chi connectivity index (χ3v) is 1.84. The van der Waals surface area contributed by atoms with Gasteiger partial charge in [-0.2, -0.15) is 0 Å². The van der Waals surface area contributed by atoms with Gasteiger partial charge < -0.3 is 0 Å². The molecular formula is C4H7IN2O. The Balaban J connectivity index is 2.34. The van der Waals surface area contributed by atoms with Gasteiger partial charge in [0, 0.05) is 16.9 Å². The van der Waals surface area contributed by atoms with Crippen LogP contribution in [0.4, 0.5) is 0 Å². The molecular weight excluding hydrogens is 219 g/mol. The maximum Gasteiger partial charge on any atom is 0.235 e. The standard InChI is InChI=1S/C4H7IN2O/c5-3-1-4(8)7-6-2-3/h3,6H,1-2H2,(H,7,8). The number of rotatable bonds is 0. The number of carbonyl (C=O) groups excluding carboxylic acids is 1. The predicted molar refractivity (Wildman–Crippen MR) is 38.6 cm³/mol.